The van der Waals surface area contributed by atoms with Crippen LogP contribution in [0.15, 0.2) is 66.8 Å². The van der Waals surface area contributed by atoms with Gasteiger partial charge in [-0.2, -0.15) is 26.3 Å². The molecule has 234 valence electrons. The number of alkyl halides is 6. The quantitative estimate of drug-likeness (QED) is 0.366. The summed E-state index contributed by atoms with van der Waals surface area (Å²) in [7, 11) is -5.41. The fourth-order valence-corrected chi connectivity index (χ4v) is 6.28. The number of hydrogen-bond acceptors (Lipinski definition) is 5. The van der Waals surface area contributed by atoms with Gasteiger partial charge in [0, 0.05) is 32.6 Å². The van der Waals surface area contributed by atoms with Gasteiger partial charge in [0.05, 0.1) is 16.9 Å². The number of piperazine rings is 1. The molecule has 1 heterocycles. The Labute approximate surface area is 245 Å². The molecule has 1 aliphatic heterocycles. The first-order chi connectivity index (χ1) is 19.8. The number of anilines is 2. The standard InChI is InChI=1S/C29H31F6N3O4S/c1-26(2,3)42-25(39)38-17-15-37(16-18-38)24-10-9-22(28(30,31)32)19-23(24)36-43(40,41)27(29(33,34)35)13-11-21(12-14-27)20-7-5-4-6-8-20/h4-13,19,36H,14-18H2,1-3H3. The summed E-state index contributed by atoms with van der Waals surface area (Å²) < 4.78 is 115. The van der Waals surface area contributed by atoms with Crippen LogP contribution >= 0.6 is 0 Å². The summed E-state index contributed by atoms with van der Waals surface area (Å²) in [5, 5.41) is 0. The summed E-state index contributed by atoms with van der Waals surface area (Å²) >= 11 is 0. The lowest BCUT2D eigenvalue weighted by molar-refractivity contribution is -0.149. The normalized spacial score (nSPS) is 20.1. The van der Waals surface area contributed by atoms with Crippen molar-refractivity contribution in [2.24, 2.45) is 0 Å². The maximum Gasteiger partial charge on any atom is 0.416 e. The van der Waals surface area contributed by atoms with Crippen LogP contribution in [0.5, 0.6) is 0 Å². The lowest BCUT2D eigenvalue weighted by Gasteiger charge is -2.38. The molecule has 2 aromatic carbocycles. The predicted molar refractivity (Wildman–Crippen MR) is 151 cm³/mol. The zero-order valence-electron chi connectivity index (χ0n) is 23.6. The molecule has 1 amide bonds. The van der Waals surface area contributed by atoms with Crippen molar-refractivity contribution in [2.75, 3.05) is 35.8 Å². The van der Waals surface area contributed by atoms with E-state index >= 15 is 0 Å². The second kappa shape index (κ2) is 11.4. The summed E-state index contributed by atoms with van der Waals surface area (Å²) in [4.78, 5) is 15.3. The molecule has 4 rings (SSSR count). The highest BCUT2D eigenvalue weighted by molar-refractivity contribution is 7.94. The Morgan fingerprint density at radius 1 is 0.930 bits per heavy atom. The molecule has 1 aliphatic carbocycles. The first kappa shape index (κ1) is 32.2. The van der Waals surface area contributed by atoms with Crippen molar-refractivity contribution in [3.05, 3.63) is 77.9 Å². The minimum absolute atomic E-state index is 0.0574. The number of carbonyl (C=O) groups is 1. The smallest absolute Gasteiger partial charge is 0.416 e. The summed E-state index contributed by atoms with van der Waals surface area (Å²) in [6, 6.07) is 10.6. The molecule has 0 bridgehead atoms. The van der Waals surface area contributed by atoms with E-state index in [9.17, 15) is 39.6 Å². The molecule has 2 aromatic rings. The van der Waals surface area contributed by atoms with Crippen LogP contribution < -0.4 is 9.62 Å². The van der Waals surface area contributed by atoms with Crippen LogP contribution in [0.4, 0.5) is 42.5 Å². The van der Waals surface area contributed by atoms with Gasteiger partial charge in [-0.25, -0.2) is 13.2 Å². The molecule has 0 radical (unpaired) electrons. The van der Waals surface area contributed by atoms with E-state index in [-0.39, 0.29) is 31.9 Å². The number of nitrogens with one attached hydrogen (secondary N) is 1. The van der Waals surface area contributed by atoms with E-state index in [4.69, 9.17) is 4.74 Å². The maximum atomic E-state index is 14.5. The minimum atomic E-state index is -5.41. The zero-order valence-corrected chi connectivity index (χ0v) is 24.4. The monoisotopic (exact) mass is 631 g/mol. The lowest BCUT2D eigenvalue weighted by Crippen LogP contribution is -2.53. The highest BCUT2D eigenvalue weighted by Gasteiger charge is 2.62. The molecular formula is C29H31F6N3O4S. The van der Waals surface area contributed by atoms with Gasteiger partial charge in [-0.1, -0.05) is 48.6 Å². The average molecular weight is 632 g/mol. The van der Waals surface area contributed by atoms with Gasteiger partial charge in [0.15, 0.2) is 0 Å². The SMILES string of the molecule is CC(C)(C)OC(=O)N1CCN(c2ccc(C(F)(F)F)cc2NS(=O)(=O)C2(C(F)(F)F)C=CC(c3ccccc3)=CC2)CC1. The molecule has 43 heavy (non-hydrogen) atoms. The average Bonchev–Trinajstić information content (AvgIpc) is 2.91. The van der Waals surface area contributed by atoms with Gasteiger partial charge in [-0.15, -0.1) is 0 Å². The lowest BCUT2D eigenvalue weighted by atomic mass is 9.92. The number of nitrogens with zero attached hydrogens (tertiary/aromatic N) is 2. The number of ether oxygens (including phenoxy) is 1. The Morgan fingerprint density at radius 3 is 2.07 bits per heavy atom. The van der Waals surface area contributed by atoms with E-state index in [1.54, 1.807) is 51.1 Å². The van der Waals surface area contributed by atoms with Gasteiger partial charge < -0.3 is 14.5 Å². The number of rotatable bonds is 5. The maximum absolute atomic E-state index is 14.5. The van der Waals surface area contributed by atoms with Gasteiger partial charge in [-0.05, 0) is 50.1 Å². The first-order valence-electron chi connectivity index (χ1n) is 13.3. The van der Waals surface area contributed by atoms with Gasteiger partial charge in [0.1, 0.15) is 5.60 Å². The zero-order chi connectivity index (χ0) is 31.8. The first-order valence-corrected chi connectivity index (χ1v) is 14.8. The van der Waals surface area contributed by atoms with Crippen LogP contribution in [0.3, 0.4) is 0 Å². The number of benzene rings is 2. The summed E-state index contributed by atoms with van der Waals surface area (Å²) in [5.41, 5.74) is -1.77. The molecule has 7 nitrogen and oxygen atoms in total. The Bertz CT molecular complexity index is 1510. The largest absolute Gasteiger partial charge is 0.444 e. The molecular weight excluding hydrogens is 600 g/mol. The fraction of sp³-hybridized carbons (Fsp3) is 0.414. The van der Waals surface area contributed by atoms with E-state index in [2.05, 4.69) is 0 Å². The summed E-state index contributed by atoms with van der Waals surface area (Å²) in [5.74, 6) is 0. The molecule has 14 heteroatoms. The second-order valence-corrected chi connectivity index (χ2v) is 13.2. The second-order valence-electron chi connectivity index (χ2n) is 11.2. The number of sulfonamides is 1. The fourth-order valence-electron chi connectivity index (χ4n) is 4.79. The van der Waals surface area contributed by atoms with Crippen molar-refractivity contribution < 1.29 is 44.3 Å². The minimum Gasteiger partial charge on any atom is -0.444 e. The third-order valence-corrected chi connectivity index (χ3v) is 9.05. The molecule has 0 spiro atoms. The van der Waals surface area contributed by atoms with E-state index in [1.807, 2.05) is 4.72 Å². The van der Waals surface area contributed by atoms with Crippen LogP contribution in [-0.2, 0) is 20.9 Å². The van der Waals surface area contributed by atoms with Crippen LogP contribution in [-0.4, -0.2) is 62.1 Å². The van der Waals surface area contributed by atoms with Gasteiger partial charge in [-0.3, -0.25) is 4.72 Å². The molecule has 0 saturated carbocycles. The molecule has 0 aromatic heterocycles. The van der Waals surface area contributed by atoms with Gasteiger partial charge in [0.2, 0.25) is 4.75 Å². The van der Waals surface area contributed by atoms with Crippen LogP contribution in [0.2, 0.25) is 0 Å². The van der Waals surface area contributed by atoms with Crippen molar-refractivity contribution in [2.45, 2.75) is 49.9 Å². The van der Waals surface area contributed by atoms with Crippen molar-refractivity contribution in [3.8, 4) is 0 Å². The summed E-state index contributed by atoms with van der Waals surface area (Å²) in [6.07, 6.45) is -9.07. The molecule has 1 fully saturated rings. The molecule has 1 unspecified atom stereocenters. The Morgan fingerprint density at radius 2 is 1.56 bits per heavy atom. The molecule has 1 N–H and O–H groups in total. The third kappa shape index (κ3) is 6.94. The number of carbonyl (C=O) groups excluding carboxylic acids is 1. The Hall–Kier alpha value is -3.68. The Kier molecular flexibility index (Phi) is 8.57. The number of halogens is 6. The highest BCUT2D eigenvalue weighted by Crippen LogP contribution is 2.46. The van der Waals surface area contributed by atoms with Crippen LogP contribution in [0.25, 0.3) is 5.57 Å². The van der Waals surface area contributed by atoms with E-state index in [1.165, 1.54) is 9.80 Å². The summed E-state index contributed by atoms with van der Waals surface area (Å²) in [6.45, 7) is 5.37. The van der Waals surface area contributed by atoms with Crippen molar-refractivity contribution >= 4 is 33.1 Å². The number of allylic oxidation sites excluding steroid dienone is 3. The van der Waals surface area contributed by atoms with Gasteiger partial charge in [0.25, 0.3) is 10.0 Å². The van der Waals surface area contributed by atoms with E-state index < -0.39 is 56.5 Å². The topological polar surface area (TPSA) is 79.0 Å². The highest BCUT2D eigenvalue weighted by atomic mass is 32.2. The number of amides is 1. The number of hydrogen-bond donors (Lipinski definition) is 1. The van der Waals surface area contributed by atoms with Crippen molar-refractivity contribution in [3.63, 3.8) is 0 Å². The van der Waals surface area contributed by atoms with E-state index in [0.717, 1.165) is 24.3 Å². The van der Waals surface area contributed by atoms with Crippen LogP contribution in [0.1, 0.15) is 38.3 Å². The van der Waals surface area contributed by atoms with Crippen LogP contribution in [0, 0.1) is 0 Å². The molecule has 1 saturated heterocycles. The predicted octanol–water partition coefficient (Wildman–Crippen LogP) is 6.85. The van der Waals surface area contributed by atoms with Crippen molar-refractivity contribution in [1.29, 1.82) is 0 Å². The third-order valence-electron chi connectivity index (χ3n) is 7.06. The van der Waals surface area contributed by atoms with Crippen molar-refractivity contribution in [1.82, 2.24) is 4.90 Å². The molecule has 2 aliphatic rings. The van der Waals surface area contributed by atoms with Gasteiger partial charge >= 0.3 is 18.4 Å². The van der Waals surface area contributed by atoms with E-state index in [0.29, 0.717) is 23.3 Å². The molecule has 1 atom stereocenters. The Balaban J connectivity index is 1.66.